The average molecular weight is 590 g/mol. The van der Waals surface area contributed by atoms with E-state index in [1.54, 1.807) is 12.7 Å². The predicted molar refractivity (Wildman–Crippen MR) is 164 cm³/mol. The van der Waals surface area contributed by atoms with Gasteiger partial charge in [-0.2, -0.15) is 0 Å². The molecule has 4 heteroatoms. The maximum absolute atomic E-state index is 6.74. The lowest BCUT2D eigenvalue weighted by molar-refractivity contribution is -0.0364. The minimum absolute atomic E-state index is 0.202. The molecule has 0 amide bonds. The molecular weight excluding hydrogens is 536 g/mol. The van der Waals surface area contributed by atoms with Gasteiger partial charge in [0.25, 0.3) is 0 Å². The summed E-state index contributed by atoms with van der Waals surface area (Å²) in [7, 11) is -0.0420. The van der Waals surface area contributed by atoms with E-state index in [-0.39, 0.29) is 10.5 Å². The van der Waals surface area contributed by atoms with Crippen molar-refractivity contribution in [3.8, 4) is 5.75 Å². The van der Waals surface area contributed by atoms with Crippen LogP contribution in [0.1, 0.15) is 109 Å². The van der Waals surface area contributed by atoms with Crippen LogP contribution in [0.4, 0.5) is 0 Å². The number of hydrogen-bond donors (Lipinski definition) is 0. The highest BCUT2D eigenvalue weighted by atomic mass is 79.9. The molecule has 0 saturated heterocycles. The maximum Gasteiger partial charge on any atom is 0.249 e. The molecule has 4 rings (SSSR count). The number of fused-ring (bicyclic) bond motifs is 5. The van der Waals surface area contributed by atoms with E-state index in [0.717, 1.165) is 29.3 Å². The quantitative estimate of drug-likeness (QED) is 0.117. The SMILES string of the molecule is COc1ccc2c(c1)CCC1(C=CO[Si](C)(C)C(C)(C)C)[C@@H]2[C@@H](CCCCCCBr)C[C@]2(C)CCC[C@@H]12. The summed E-state index contributed by atoms with van der Waals surface area (Å²) in [6, 6.07) is 7.00. The predicted octanol–water partition coefficient (Wildman–Crippen LogP) is 10.4. The molecule has 0 aliphatic heterocycles. The van der Waals surface area contributed by atoms with Crippen LogP contribution < -0.4 is 4.74 Å². The van der Waals surface area contributed by atoms with Gasteiger partial charge in [-0.1, -0.05) is 75.4 Å². The van der Waals surface area contributed by atoms with Crippen LogP contribution in [0, 0.1) is 22.7 Å². The zero-order valence-corrected chi connectivity index (χ0v) is 27.4. The van der Waals surface area contributed by atoms with Gasteiger partial charge in [-0.3, -0.25) is 0 Å². The Hall–Kier alpha value is -0.743. The number of unbranched alkanes of at least 4 members (excludes halogenated alkanes) is 3. The molecule has 1 unspecified atom stereocenters. The molecule has 3 aliphatic rings. The van der Waals surface area contributed by atoms with Crippen molar-refractivity contribution in [3.05, 3.63) is 41.7 Å². The van der Waals surface area contributed by atoms with E-state index in [2.05, 4.69) is 87.3 Å². The first-order chi connectivity index (χ1) is 17.5. The lowest BCUT2D eigenvalue weighted by Gasteiger charge is -2.60. The third-order valence-electron chi connectivity index (χ3n) is 11.0. The fourth-order valence-electron chi connectivity index (χ4n) is 8.15. The molecule has 2 nitrogen and oxygen atoms in total. The summed E-state index contributed by atoms with van der Waals surface area (Å²) in [6.07, 6.45) is 19.5. The van der Waals surface area contributed by atoms with Crippen molar-refractivity contribution in [2.45, 2.75) is 122 Å². The van der Waals surface area contributed by atoms with Crippen molar-refractivity contribution < 1.29 is 9.16 Å². The van der Waals surface area contributed by atoms with Crippen LogP contribution in [0.2, 0.25) is 18.1 Å². The molecule has 1 aromatic carbocycles. The van der Waals surface area contributed by atoms with Crippen LogP contribution in [-0.2, 0) is 10.8 Å². The highest BCUT2D eigenvalue weighted by molar-refractivity contribution is 9.09. The molecule has 2 saturated carbocycles. The van der Waals surface area contributed by atoms with Crippen LogP contribution in [0.15, 0.2) is 30.5 Å². The van der Waals surface area contributed by atoms with Crippen molar-refractivity contribution in [3.63, 3.8) is 0 Å². The van der Waals surface area contributed by atoms with Gasteiger partial charge in [0.2, 0.25) is 8.32 Å². The molecule has 0 spiro atoms. The second kappa shape index (κ2) is 11.4. The average Bonchev–Trinajstić information content (AvgIpc) is 3.24. The van der Waals surface area contributed by atoms with E-state index in [9.17, 15) is 0 Å². The highest BCUT2D eigenvalue weighted by Gasteiger charge is 2.61. The smallest absolute Gasteiger partial charge is 0.249 e. The van der Waals surface area contributed by atoms with Crippen LogP contribution in [-0.4, -0.2) is 20.8 Å². The zero-order valence-electron chi connectivity index (χ0n) is 24.8. The Labute approximate surface area is 237 Å². The van der Waals surface area contributed by atoms with Gasteiger partial charge in [-0.05, 0) is 116 Å². The summed E-state index contributed by atoms with van der Waals surface area (Å²) in [5.74, 6) is 3.10. The van der Waals surface area contributed by atoms with Crippen molar-refractivity contribution in [1.29, 1.82) is 0 Å². The van der Waals surface area contributed by atoms with Crippen LogP contribution in [0.5, 0.6) is 5.75 Å². The normalized spacial score (nSPS) is 31.6. The van der Waals surface area contributed by atoms with Gasteiger partial charge in [0.05, 0.1) is 13.4 Å². The van der Waals surface area contributed by atoms with Gasteiger partial charge in [0, 0.05) is 10.7 Å². The summed E-state index contributed by atoms with van der Waals surface area (Å²) in [4.78, 5) is 0. The van der Waals surface area contributed by atoms with Crippen LogP contribution in [0.25, 0.3) is 0 Å². The van der Waals surface area contributed by atoms with E-state index in [0.29, 0.717) is 11.3 Å². The summed E-state index contributed by atoms with van der Waals surface area (Å²) in [6.45, 7) is 14.4. The number of hydrogen-bond acceptors (Lipinski definition) is 2. The Bertz CT molecular complexity index is 950. The van der Waals surface area contributed by atoms with Crippen molar-refractivity contribution in [2.75, 3.05) is 12.4 Å². The minimum Gasteiger partial charge on any atom is -0.549 e. The second-order valence-corrected chi connectivity index (χ2v) is 19.8. The third-order valence-corrected chi connectivity index (χ3v) is 15.9. The molecule has 0 radical (unpaired) electrons. The summed E-state index contributed by atoms with van der Waals surface area (Å²) in [5.41, 5.74) is 3.81. The van der Waals surface area contributed by atoms with E-state index < -0.39 is 8.32 Å². The number of methoxy groups -OCH3 is 1. The van der Waals surface area contributed by atoms with Gasteiger partial charge >= 0.3 is 0 Å². The molecule has 0 N–H and O–H groups in total. The fraction of sp³-hybridized carbons (Fsp3) is 0.758. The topological polar surface area (TPSA) is 18.5 Å². The second-order valence-electron chi connectivity index (χ2n) is 14.3. The highest BCUT2D eigenvalue weighted by Crippen LogP contribution is 2.70. The first kappa shape index (κ1) is 29.2. The third kappa shape index (κ3) is 5.76. The number of benzene rings is 1. The van der Waals surface area contributed by atoms with Crippen LogP contribution >= 0.6 is 15.9 Å². The Balaban J connectivity index is 1.74. The summed E-state index contributed by atoms with van der Waals surface area (Å²) < 4.78 is 12.4. The number of ether oxygens (including phenoxy) is 1. The molecule has 5 atom stereocenters. The first-order valence-electron chi connectivity index (χ1n) is 15.1. The molecule has 0 bridgehead atoms. The Morgan fingerprint density at radius 3 is 2.57 bits per heavy atom. The van der Waals surface area contributed by atoms with E-state index >= 15 is 0 Å². The lowest BCUT2D eigenvalue weighted by atomic mass is 9.44. The number of halogens is 1. The lowest BCUT2D eigenvalue weighted by Crippen LogP contribution is -2.52. The van der Waals surface area contributed by atoms with Gasteiger partial charge in [-0.15, -0.1) is 0 Å². The number of rotatable bonds is 10. The zero-order chi connectivity index (χ0) is 26.9. The maximum atomic E-state index is 6.74. The van der Waals surface area contributed by atoms with E-state index in [4.69, 9.17) is 9.16 Å². The standard InChI is InChI=1S/C33H53BrO2Si/c1-31(2,3)37(6,7)36-22-20-33-19-17-25-23-27(35-5)15-16-28(25)30(33)26(13-10-8-9-11-21-34)24-32(4)18-12-14-29(32)33/h15-16,20,22-23,26,29-30H,8-14,17-19,21,24H2,1-7H3/t26-,29+,30+,32-,33?/m0/s1. The molecular formula is C33H53BrO2Si. The Morgan fingerprint density at radius 1 is 1.11 bits per heavy atom. The molecule has 37 heavy (non-hydrogen) atoms. The van der Waals surface area contributed by atoms with Gasteiger partial charge in [0.15, 0.2) is 0 Å². The summed E-state index contributed by atoms with van der Waals surface area (Å²) in [5, 5.41) is 1.35. The van der Waals surface area contributed by atoms with Gasteiger partial charge in [0.1, 0.15) is 5.75 Å². The van der Waals surface area contributed by atoms with Crippen molar-refractivity contribution in [1.82, 2.24) is 0 Å². The molecule has 1 aromatic rings. The Kier molecular flexibility index (Phi) is 9.01. The molecule has 0 heterocycles. The first-order valence-corrected chi connectivity index (χ1v) is 19.1. The molecule has 208 valence electrons. The van der Waals surface area contributed by atoms with Gasteiger partial charge in [-0.25, -0.2) is 0 Å². The van der Waals surface area contributed by atoms with Crippen molar-refractivity contribution in [2.24, 2.45) is 22.7 Å². The number of allylic oxidation sites excluding steroid dienone is 1. The van der Waals surface area contributed by atoms with E-state index in [1.165, 1.54) is 69.8 Å². The largest absolute Gasteiger partial charge is 0.549 e. The minimum atomic E-state index is -1.84. The van der Waals surface area contributed by atoms with Crippen LogP contribution in [0.3, 0.4) is 0 Å². The number of aryl methyl sites for hydroxylation is 1. The van der Waals surface area contributed by atoms with Crippen molar-refractivity contribution >= 4 is 24.2 Å². The summed E-state index contributed by atoms with van der Waals surface area (Å²) >= 11 is 3.62. The van der Waals surface area contributed by atoms with E-state index in [1.807, 2.05) is 0 Å². The fourth-order valence-corrected chi connectivity index (χ4v) is 9.31. The molecule has 3 aliphatic carbocycles. The monoisotopic (exact) mass is 588 g/mol. The molecule has 2 fully saturated rings. The Morgan fingerprint density at radius 2 is 1.86 bits per heavy atom. The van der Waals surface area contributed by atoms with Gasteiger partial charge < -0.3 is 9.16 Å². The number of alkyl halides is 1. The molecule has 0 aromatic heterocycles.